The molecule has 0 fully saturated rings. The lowest BCUT2D eigenvalue weighted by molar-refractivity contribution is -0.137. The van der Waals surface area contributed by atoms with E-state index >= 15 is 0 Å². The van der Waals surface area contributed by atoms with Crippen LogP contribution in [-0.4, -0.2) is 21.4 Å². The molecule has 0 saturated heterocycles. The highest BCUT2D eigenvalue weighted by atomic mass is 35.5. The van der Waals surface area contributed by atoms with E-state index in [9.17, 15) is 26.6 Å². The van der Waals surface area contributed by atoms with Crippen LogP contribution in [0.25, 0.3) is 11.3 Å². The largest absolute Gasteiger partial charge is 0.443 e. The molecule has 1 aromatic heterocycles. The molecule has 0 aliphatic carbocycles. The average Bonchev–Trinajstić information content (AvgIpc) is 3.11. The summed E-state index contributed by atoms with van der Waals surface area (Å²) >= 11 is 6.58. The highest BCUT2D eigenvalue weighted by Crippen LogP contribution is 2.36. The monoisotopic (exact) mass is 462 g/mol. The van der Waals surface area contributed by atoms with Gasteiger partial charge in [-0.15, -0.1) is 11.3 Å². The molecule has 29 heavy (non-hydrogen) atoms. The minimum absolute atomic E-state index is 0.0550. The van der Waals surface area contributed by atoms with E-state index in [-0.39, 0.29) is 32.4 Å². The Labute approximate surface area is 174 Å². The molecular formula is C18H11ClF4N2O2S2. The topological polar surface area (TPSA) is 59.1 Å². The standard InChI is InChI=1S/C18H11ClF4N2O2S2/c1-29(27)10-3-5-12(14(20)7-10)16(26)24-9-2-4-11(13(19)6-9)15-8-28-17(25-15)18(21,22)23/h2-8H,1H3,(H,24,26). The van der Waals surface area contributed by atoms with Crippen molar-refractivity contribution in [3.05, 3.63) is 63.2 Å². The van der Waals surface area contributed by atoms with Gasteiger partial charge in [0.15, 0.2) is 5.01 Å². The van der Waals surface area contributed by atoms with Gasteiger partial charge >= 0.3 is 6.18 Å². The lowest BCUT2D eigenvalue weighted by Crippen LogP contribution is -2.14. The maximum Gasteiger partial charge on any atom is 0.443 e. The summed E-state index contributed by atoms with van der Waals surface area (Å²) in [5.41, 5.74) is 0.281. The molecule has 1 heterocycles. The van der Waals surface area contributed by atoms with Gasteiger partial charge in [0.1, 0.15) is 5.82 Å². The van der Waals surface area contributed by atoms with Gasteiger partial charge in [-0.25, -0.2) is 9.37 Å². The number of rotatable bonds is 4. The molecule has 3 rings (SSSR count). The summed E-state index contributed by atoms with van der Waals surface area (Å²) in [4.78, 5) is 16.1. The number of anilines is 1. The number of benzene rings is 2. The second-order valence-corrected chi connectivity index (χ2v) is 8.43. The first-order valence-corrected chi connectivity index (χ1v) is 10.6. The molecule has 0 spiro atoms. The Bertz CT molecular complexity index is 1120. The molecule has 0 aliphatic heterocycles. The Kier molecular flexibility index (Phi) is 6.06. The van der Waals surface area contributed by atoms with Gasteiger partial charge in [0.25, 0.3) is 5.91 Å². The van der Waals surface area contributed by atoms with Crippen molar-refractivity contribution < 1.29 is 26.6 Å². The van der Waals surface area contributed by atoms with Gasteiger partial charge in [-0.3, -0.25) is 9.00 Å². The van der Waals surface area contributed by atoms with Crippen molar-refractivity contribution >= 4 is 45.3 Å². The Balaban J connectivity index is 1.81. The van der Waals surface area contributed by atoms with Crippen LogP contribution in [0.15, 0.2) is 46.7 Å². The minimum atomic E-state index is -4.55. The maximum atomic E-state index is 14.1. The number of carbonyl (C=O) groups is 1. The summed E-state index contributed by atoms with van der Waals surface area (Å²) in [6, 6.07) is 7.76. The summed E-state index contributed by atoms with van der Waals surface area (Å²) in [5, 5.41) is 2.77. The van der Waals surface area contributed by atoms with Crippen molar-refractivity contribution in [1.29, 1.82) is 0 Å². The van der Waals surface area contributed by atoms with Crippen molar-refractivity contribution in [2.24, 2.45) is 0 Å². The summed E-state index contributed by atoms with van der Waals surface area (Å²) in [7, 11) is -1.39. The summed E-state index contributed by atoms with van der Waals surface area (Å²) in [6.45, 7) is 0. The van der Waals surface area contributed by atoms with Gasteiger partial charge in [-0.05, 0) is 36.4 Å². The maximum absolute atomic E-state index is 14.1. The average molecular weight is 463 g/mol. The zero-order chi connectivity index (χ0) is 21.3. The Morgan fingerprint density at radius 1 is 1.21 bits per heavy atom. The minimum Gasteiger partial charge on any atom is -0.322 e. The number of aromatic nitrogens is 1. The van der Waals surface area contributed by atoms with E-state index in [1.807, 2.05) is 0 Å². The molecule has 0 saturated carbocycles. The van der Waals surface area contributed by atoms with E-state index in [0.29, 0.717) is 11.3 Å². The van der Waals surface area contributed by atoms with E-state index in [1.165, 1.54) is 42.0 Å². The number of thiazole rings is 1. The van der Waals surface area contributed by atoms with E-state index in [4.69, 9.17) is 11.6 Å². The van der Waals surface area contributed by atoms with Crippen LogP contribution in [0.3, 0.4) is 0 Å². The predicted octanol–water partition coefficient (Wildman–Crippen LogP) is 5.61. The fourth-order valence-electron chi connectivity index (χ4n) is 2.39. The number of hydrogen-bond donors (Lipinski definition) is 1. The number of nitrogens with one attached hydrogen (secondary N) is 1. The number of hydrogen-bond acceptors (Lipinski definition) is 4. The third kappa shape index (κ3) is 4.82. The van der Waals surface area contributed by atoms with Crippen LogP contribution < -0.4 is 5.32 Å². The molecule has 0 aliphatic rings. The highest BCUT2D eigenvalue weighted by Gasteiger charge is 2.34. The number of alkyl halides is 3. The van der Waals surface area contributed by atoms with E-state index in [2.05, 4.69) is 10.3 Å². The number of nitrogens with zero attached hydrogens (tertiary/aromatic N) is 1. The normalized spacial score (nSPS) is 12.6. The van der Waals surface area contributed by atoms with Crippen molar-refractivity contribution in [2.45, 2.75) is 11.1 Å². The van der Waals surface area contributed by atoms with Gasteiger partial charge < -0.3 is 5.32 Å². The molecule has 0 bridgehead atoms. The van der Waals surface area contributed by atoms with Crippen LogP contribution in [0.2, 0.25) is 5.02 Å². The first-order chi connectivity index (χ1) is 13.6. The van der Waals surface area contributed by atoms with Crippen LogP contribution in [0.4, 0.5) is 23.2 Å². The van der Waals surface area contributed by atoms with Crippen molar-refractivity contribution in [2.75, 3.05) is 11.6 Å². The Hall–Kier alpha value is -2.30. The van der Waals surface area contributed by atoms with Crippen LogP contribution in [0, 0.1) is 5.82 Å². The SMILES string of the molecule is CS(=O)c1ccc(C(=O)Nc2ccc(-c3csc(C(F)(F)F)n3)c(Cl)c2)c(F)c1. The fourth-order valence-corrected chi connectivity index (χ4v) is 3.88. The number of halogens is 5. The quantitative estimate of drug-likeness (QED) is 0.512. The first kappa shape index (κ1) is 21.4. The predicted molar refractivity (Wildman–Crippen MR) is 104 cm³/mol. The molecule has 2 aromatic carbocycles. The fraction of sp³-hybridized carbons (Fsp3) is 0.111. The van der Waals surface area contributed by atoms with Crippen LogP contribution in [0.5, 0.6) is 0 Å². The molecule has 1 unspecified atom stereocenters. The smallest absolute Gasteiger partial charge is 0.322 e. The molecule has 1 amide bonds. The molecule has 1 atom stereocenters. The number of carbonyl (C=O) groups excluding carboxylic acids is 1. The van der Waals surface area contributed by atoms with Crippen LogP contribution in [0.1, 0.15) is 15.4 Å². The molecule has 4 nitrogen and oxygen atoms in total. The first-order valence-electron chi connectivity index (χ1n) is 7.83. The third-order valence-corrected chi connectivity index (χ3v) is 5.88. The van der Waals surface area contributed by atoms with Crippen molar-refractivity contribution in [1.82, 2.24) is 4.98 Å². The Morgan fingerprint density at radius 2 is 1.93 bits per heavy atom. The van der Waals surface area contributed by atoms with Crippen molar-refractivity contribution in [3.63, 3.8) is 0 Å². The van der Waals surface area contributed by atoms with Gasteiger partial charge in [-0.1, -0.05) is 11.6 Å². The number of amides is 1. The summed E-state index contributed by atoms with van der Waals surface area (Å²) in [5.74, 6) is -1.59. The van der Waals surface area contributed by atoms with Crippen molar-refractivity contribution in [3.8, 4) is 11.3 Å². The molecule has 1 N–H and O–H groups in total. The summed E-state index contributed by atoms with van der Waals surface area (Å²) < 4.78 is 63.6. The van der Waals surface area contributed by atoms with E-state index < -0.39 is 33.7 Å². The van der Waals surface area contributed by atoms with Gasteiger partial charge in [0.05, 0.1) is 16.3 Å². The lowest BCUT2D eigenvalue weighted by Gasteiger charge is -2.09. The molecule has 0 radical (unpaired) electrons. The molecule has 11 heteroatoms. The van der Waals surface area contributed by atoms with Gasteiger partial charge in [0.2, 0.25) is 0 Å². The van der Waals surface area contributed by atoms with Gasteiger partial charge in [-0.2, -0.15) is 13.2 Å². The molecule has 3 aromatic rings. The van der Waals surface area contributed by atoms with Crippen LogP contribution >= 0.6 is 22.9 Å². The summed E-state index contributed by atoms with van der Waals surface area (Å²) in [6.07, 6.45) is -3.16. The zero-order valence-corrected chi connectivity index (χ0v) is 16.9. The molecular weight excluding hydrogens is 452 g/mol. The second-order valence-electron chi connectivity index (χ2n) is 5.78. The second kappa shape index (κ2) is 8.21. The van der Waals surface area contributed by atoms with Crippen LogP contribution in [-0.2, 0) is 17.0 Å². The van der Waals surface area contributed by atoms with E-state index in [0.717, 1.165) is 6.07 Å². The van der Waals surface area contributed by atoms with Gasteiger partial charge in [0, 0.05) is 38.6 Å². The highest BCUT2D eigenvalue weighted by molar-refractivity contribution is 7.84. The van der Waals surface area contributed by atoms with E-state index in [1.54, 1.807) is 0 Å². The zero-order valence-electron chi connectivity index (χ0n) is 14.5. The Morgan fingerprint density at radius 3 is 2.48 bits per heavy atom. The third-order valence-electron chi connectivity index (χ3n) is 3.77. The molecule has 152 valence electrons. The lowest BCUT2D eigenvalue weighted by atomic mass is 10.1.